The van der Waals surface area contributed by atoms with Crippen molar-refractivity contribution in [3.63, 3.8) is 0 Å². The number of hydrogen-bond acceptors (Lipinski definition) is 2. The van der Waals surface area contributed by atoms with E-state index in [1.54, 1.807) is 0 Å². The molecule has 2 aromatic heterocycles. The van der Waals surface area contributed by atoms with E-state index in [1.165, 1.54) is 44.1 Å². The molecule has 9 rings (SSSR count). The molecule has 0 fully saturated rings. The summed E-state index contributed by atoms with van der Waals surface area (Å²) >= 11 is 0. The molecule has 0 bridgehead atoms. The zero-order valence-electron chi connectivity index (χ0n) is 26.9. The lowest BCUT2D eigenvalue weighted by Gasteiger charge is -2.23. The normalized spacial score (nSPS) is 14.5. The summed E-state index contributed by atoms with van der Waals surface area (Å²) < 4.78 is 2.38. The van der Waals surface area contributed by atoms with Gasteiger partial charge < -0.3 is 4.57 Å². The fraction of sp³-hybridized carbons (Fsp3) is 0.0435. The van der Waals surface area contributed by atoms with Crippen LogP contribution in [-0.2, 0) is 0 Å². The first-order valence-corrected chi connectivity index (χ1v) is 16.9. The maximum Gasteiger partial charge on any atom is 0.160 e. The van der Waals surface area contributed by atoms with Crippen molar-refractivity contribution in [3.05, 3.63) is 199 Å². The van der Waals surface area contributed by atoms with Gasteiger partial charge in [0.25, 0.3) is 0 Å². The molecule has 1 unspecified atom stereocenters. The maximum atomic E-state index is 5.20. The minimum absolute atomic E-state index is 0.178. The van der Waals surface area contributed by atoms with Crippen LogP contribution in [-0.4, -0.2) is 14.5 Å². The van der Waals surface area contributed by atoms with Gasteiger partial charge in [-0.25, -0.2) is 9.97 Å². The molecule has 8 aromatic rings. The first kappa shape index (κ1) is 28.9. The van der Waals surface area contributed by atoms with Crippen molar-refractivity contribution in [2.45, 2.75) is 12.3 Å². The summed E-state index contributed by atoms with van der Waals surface area (Å²) in [6.45, 7) is 0. The topological polar surface area (TPSA) is 30.7 Å². The number of nitrogens with zero attached hydrogens (tertiary/aromatic N) is 3. The highest BCUT2D eigenvalue weighted by atomic mass is 15.0. The Morgan fingerprint density at radius 3 is 1.65 bits per heavy atom. The molecular formula is C46H33N3. The number of para-hydroxylation sites is 2. The average Bonchev–Trinajstić information content (AvgIpc) is 3.53. The molecule has 0 spiro atoms. The average molecular weight is 628 g/mol. The Bertz CT molecular complexity index is 2380. The Morgan fingerprint density at radius 1 is 0.490 bits per heavy atom. The van der Waals surface area contributed by atoms with Crippen LogP contribution in [0.25, 0.3) is 61.3 Å². The van der Waals surface area contributed by atoms with E-state index >= 15 is 0 Å². The number of aromatic nitrogens is 3. The van der Waals surface area contributed by atoms with Crippen LogP contribution in [0.4, 0.5) is 0 Å². The monoisotopic (exact) mass is 627 g/mol. The molecule has 232 valence electrons. The van der Waals surface area contributed by atoms with Crippen molar-refractivity contribution < 1.29 is 0 Å². The van der Waals surface area contributed by atoms with Gasteiger partial charge in [0.15, 0.2) is 5.82 Å². The van der Waals surface area contributed by atoms with Crippen LogP contribution in [0.15, 0.2) is 182 Å². The lowest BCUT2D eigenvalue weighted by Crippen LogP contribution is -2.06. The molecule has 1 atom stereocenters. The second-order valence-corrected chi connectivity index (χ2v) is 12.6. The van der Waals surface area contributed by atoms with Crippen molar-refractivity contribution in [2.24, 2.45) is 0 Å². The second-order valence-electron chi connectivity index (χ2n) is 12.6. The SMILES string of the molecule is C1=C(c2ccccc2)C=C(c2cc(-c3ccccc3)nc(-c3ccccc3)n2)CC1c1ccc(-n2c3ccccc3c3ccccc32)cc1. The minimum Gasteiger partial charge on any atom is -0.309 e. The van der Waals surface area contributed by atoms with Gasteiger partial charge in [0, 0.05) is 33.5 Å². The molecule has 3 nitrogen and oxygen atoms in total. The summed E-state index contributed by atoms with van der Waals surface area (Å²) in [7, 11) is 0. The van der Waals surface area contributed by atoms with E-state index in [2.05, 4.69) is 162 Å². The first-order chi connectivity index (χ1) is 24.3. The molecule has 6 aromatic carbocycles. The number of rotatable bonds is 6. The molecule has 0 radical (unpaired) electrons. The van der Waals surface area contributed by atoms with Crippen LogP contribution in [0.3, 0.4) is 0 Å². The standard InChI is InChI=1S/C46H33N3/c1-4-14-32(15-5-1)36-28-37(33-24-26-39(27-25-33)49-44-22-12-10-20-40(44)41-21-11-13-23-45(41)49)30-38(29-36)43-31-42(34-16-6-2-7-17-34)47-46(48-43)35-18-8-3-9-19-35/h1-29,31,37H,30H2. The second kappa shape index (κ2) is 12.4. The number of allylic oxidation sites excluding steroid dienone is 4. The molecule has 0 saturated heterocycles. The highest BCUT2D eigenvalue weighted by molar-refractivity contribution is 6.09. The minimum atomic E-state index is 0.178. The largest absolute Gasteiger partial charge is 0.309 e. The molecule has 3 heteroatoms. The predicted molar refractivity (Wildman–Crippen MR) is 203 cm³/mol. The van der Waals surface area contributed by atoms with E-state index in [4.69, 9.17) is 9.97 Å². The Labute approximate surface area is 286 Å². The van der Waals surface area contributed by atoms with Gasteiger partial charge >= 0.3 is 0 Å². The van der Waals surface area contributed by atoms with Crippen LogP contribution in [0.1, 0.15) is 29.2 Å². The molecule has 0 amide bonds. The molecule has 1 aliphatic carbocycles. The Hall–Kier alpha value is -6.32. The van der Waals surface area contributed by atoms with Gasteiger partial charge in [-0.3, -0.25) is 0 Å². The lowest BCUT2D eigenvalue weighted by molar-refractivity contribution is 0.865. The summed E-state index contributed by atoms with van der Waals surface area (Å²) in [6, 6.07) is 60.0. The third kappa shape index (κ3) is 5.46. The Morgan fingerprint density at radius 2 is 1.02 bits per heavy atom. The number of benzene rings is 6. The summed E-state index contributed by atoms with van der Waals surface area (Å²) in [5.41, 5.74) is 12.5. The van der Waals surface area contributed by atoms with Crippen LogP contribution < -0.4 is 0 Å². The van der Waals surface area contributed by atoms with Crippen molar-refractivity contribution in [2.75, 3.05) is 0 Å². The van der Waals surface area contributed by atoms with Gasteiger partial charge in [0.1, 0.15) is 0 Å². The van der Waals surface area contributed by atoms with E-state index in [0.29, 0.717) is 0 Å². The highest BCUT2D eigenvalue weighted by Crippen LogP contribution is 2.40. The summed E-state index contributed by atoms with van der Waals surface area (Å²) in [5, 5.41) is 2.54. The summed E-state index contributed by atoms with van der Waals surface area (Å²) in [4.78, 5) is 10.2. The van der Waals surface area contributed by atoms with Crippen molar-refractivity contribution in [1.29, 1.82) is 0 Å². The molecule has 1 aliphatic rings. The zero-order chi connectivity index (χ0) is 32.6. The third-order valence-corrected chi connectivity index (χ3v) is 9.57. The lowest BCUT2D eigenvalue weighted by atomic mass is 9.82. The number of hydrogen-bond donors (Lipinski definition) is 0. The van der Waals surface area contributed by atoms with Crippen LogP contribution in [0, 0.1) is 0 Å². The third-order valence-electron chi connectivity index (χ3n) is 9.57. The summed E-state index contributed by atoms with van der Waals surface area (Å²) in [6.07, 6.45) is 5.58. The van der Waals surface area contributed by atoms with Gasteiger partial charge in [-0.1, -0.05) is 146 Å². The van der Waals surface area contributed by atoms with Gasteiger partial charge in [-0.2, -0.15) is 0 Å². The van der Waals surface area contributed by atoms with E-state index in [9.17, 15) is 0 Å². The quantitative estimate of drug-likeness (QED) is 0.184. The number of fused-ring (bicyclic) bond motifs is 3. The van der Waals surface area contributed by atoms with Crippen molar-refractivity contribution in [1.82, 2.24) is 14.5 Å². The van der Waals surface area contributed by atoms with Gasteiger partial charge in [-0.15, -0.1) is 0 Å². The van der Waals surface area contributed by atoms with Gasteiger partial charge in [0.05, 0.1) is 22.4 Å². The molecule has 49 heavy (non-hydrogen) atoms. The highest BCUT2D eigenvalue weighted by Gasteiger charge is 2.22. The smallest absolute Gasteiger partial charge is 0.160 e. The van der Waals surface area contributed by atoms with Gasteiger partial charge in [-0.05, 0) is 65.1 Å². The molecule has 2 heterocycles. The van der Waals surface area contributed by atoms with E-state index in [0.717, 1.165) is 40.4 Å². The first-order valence-electron chi connectivity index (χ1n) is 16.9. The van der Waals surface area contributed by atoms with Crippen LogP contribution >= 0.6 is 0 Å². The Kier molecular flexibility index (Phi) is 7.29. The zero-order valence-corrected chi connectivity index (χ0v) is 26.9. The molecule has 0 aliphatic heterocycles. The van der Waals surface area contributed by atoms with Crippen LogP contribution in [0.5, 0.6) is 0 Å². The van der Waals surface area contributed by atoms with E-state index in [1.807, 2.05) is 24.3 Å². The maximum absolute atomic E-state index is 5.20. The predicted octanol–water partition coefficient (Wildman–Crippen LogP) is 11.6. The van der Waals surface area contributed by atoms with Crippen LogP contribution in [0.2, 0.25) is 0 Å². The fourth-order valence-electron chi connectivity index (χ4n) is 7.17. The van der Waals surface area contributed by atoms with Gasteiger partial charge in [0.2, 0.25) is 0 Å². The van der Waals surface area contributed by atoms with E-state index in [-0.39, 0.29) is 5.92 Å². The fourth-order valence-corrected chi connectivity index (χ4v) is 7.17. The molecule has 0 saturated carbocycles. The van der Waals surface area contributed by atoms with Crippen molar-refractivity contribution >= 4 is 33.0 Å². The molecule has 0 N–H and O–H groups in total. The molecular weight excluding hydrogens is 595 g/mol. The Balaban J connectivity index is 1.14. The summed E-state index contributed by atoms with van der Waals surface area (Å²) in [5.74, 6) is 0.915. The van der Waals surface area contributed by atoms with Crippen molar-refractivity contribution in [3.8, 4) is 28.3 Å². The van der Waals surface area contributed by atoms with E-state index < -0.39 is 0 Å².